The molecular weight excluding hydrogens is 308 g/mol. The molecule has 0 aliphatic heterocycles. The summed E-state index contributed by atoms with van der Waals surface area (Å²) < 4.78 is 40.7. The summed E-state index contributed by atoms with van der Waals surface area (Å²) in [5.74, 6) is 2.58. The van der Waals surface area contributed by atoms with E-state index < -0.39 is 20.9 Å². The van der Waals surface area contributed by atoms with Gasteiger partial charge in [0.05, 0.1) is 16.6 Å². The van der Waals surface area contributed by atoms with Crippen molar-refractivity contribution in [1.82, 2.24) is 0 Å². The lowest BCUT2D eigenvalue weighted by Crippen LogP contribution is -2.09. The molecule has 2 aromatic carbocycles. The quantitative estimate of drug-likeness (QED) is 0.626. The molecule has 6 heteroatoms. The Hall–Kier alpha value is -2.10. The Labute approximate surface area is 126 Å². The summed E-state index contributed by atoms with van der Waals surface area (Å²) >= 11 is 0. The Balaban J connectivity index is 2.18. The smallest absolute Gasteiger partial charge is 0.339 e. The van der Waals surface area contributed by atoms with Crippen LogP contribution in [0.2, 0.25) is 0 Å². The third-order valence-electron chi connectivity index (χ3n) is 2.54. The number of hydrogen-bond acceptors (Lipinski definition) is 4. The molecule has 0 aliphatic rings. The topological polar surface area (TPSA) is 60.4 Å². The summed E-state index contributed by atoms with van der Waals surface area (Å²) in [5.41, 5.74) is 0. The fourth-order valence-corrected chi connectivity index (χ4v) is 3.28. The second-order valence-corrected chi connectivity index (χ2v) is 7.01. The lowest BCUT2D eigenvalue weighted by Gasteiger charge is -2.07. The first-order chi connectivity index (χ1) is 10.0. The van der Waals surface area contributed by atoms with Crippen LogP contribution in [0.25, 0.3) is 0 Å². The first-order valence-corrected chi connectivity index (χ1v) is 8.67. The Morgan fingerprint density at radius 1 is 1.05 bits per heavy atom. The molecular formula is C15H12O4S2. The van der Waals surface area contributed by atoms with Gasteiger partial charge in [0.25, 0.3) is 0 Å². The molecule has 2 aromatic rings. The van der Waals surface area contributed by atoms with E-state index >= 15 is 0 Å². The Morgan fingerprint density at radius 2 is 1.67 bits per heavy atom. The lowest BCUT2D eigenvalue weighted by atomic mass is 10.3. The Kier molecular flexibility index (Phi) is 4.78. The summed E-state index contributed by atoms with van der Waals surface area (Å²) in [6.07, 6.45) is 5.10. The van der Waals surface area contributed by atoms with E-state index in [9.17, 15) is 12.6 Å². The summed E-state index contributed by atoms with van der Waals surface area (Å²) in [7, 11) is -5.16. The van der Waals surface area contributed by atoms with Crippen LogP contribution in [0, 0.1) is 12.3 Å². The highest BCUT2D eigenvalue weighted by molar-refractivity contribution is 7.87. The minimum absolute atomic E-state index is 0.0741. The SMILES string of the molecule is C#CCS(=O)c1ccc(OS(=O)(=O)c2ccccc2)cc1. The van der Waals surface area contributed by atoms with Crippen LogP contribution in [0.5, 0.6) is 5.75 Å². The van der Waals surface area contributed by atoms with E-state index in [1.54, 1.807) is 18.2 Å². The molecule has 0 aromatic heterocycles. The molecule has 1 unspecified atom stereocenters. The van der Waals surface area contributed by atoms with Crippen LogP contribution in [-0.4, -0.2) is 18.4 Å². The molecule has 0 saturated heterocycles. The molecule has 0 bridgehead atoms. The summed E-state index contributed by atoms with van der Waals surface area (Å²) in [6.45, 7) is 0. The van der Waals surface area contributed by atoms with Gasteiger partial charge in [-0.05, 0) is 36.4 Å². The van der Waals surface area contributed by atoms with Crippen molar-refractivity contribution in [2.24, 2.45) is 0 Å². The molecule has 0 N–H and O–H groups in total. The van der Waals surface area contributed by atoms with Crippen LogP contribution >= 0.6 is 0 Å². The standard InChI is InChI=1S/C15H12O4S2/c1-2-12-20(16)14-10-8-13(9-11-14)19-21(17,18)15-6-4-3-5-7-15/h1,3-11H,12H2. The average molecular weight is 320 g/mol. The van der Waals surface area contributed by atoms with Gasteiger partial charge < -0.3 is 4.18 Å². The molecule has 0 amide bonds. The van der Waals surface area contributed by atoms with E-state index in [0.29, 0.717) is 4.90 Å². The van der Waals surface area contributed by atoms with Crippen LogP contribution in [0.4, 0.5) is 0 Å². The van der Waals surface area contributed by atoms with Gasteiger partial charge in [-0.2, -0.15) is 8.42 Å². The highest BCUT2D eigenvalue weighted by atomic mass is 32.2. The zero-order valence-corrected chi connectivity index (χ0v) is 12.6. The molecule has 21 heavy (non-hydrogen) atoms. The molecule has 4 nitrogen and oxygen atoms in total. The number of rotatable bonds is 5. The minimum atomic E-state index is -3.86. The third kappa shape index (κ3) is 3.94. The highest BCUT2D eigenvalue weighted by Crippen LogP contribution is 2.20. The van der Waals surface area contributed by atoms with Crippen molar-refractivity contribution in [2.45, 2.75) is 9.79 Å². The van der Waals surface area contributed by atoms with Crippen LogP contribution in [-0.2, 0) is 20.9 Å². The second kappa shape index (κ2) is 6.57. The van der Waals surface area contributed by atoms with Crippen LogP contribution in [0.1, 0.15) is 0 Å². The molecule has 0 aliphatic carbocycles. The maximum Gasteiger partial charge on any atom is 0.339 e. The van der Waals surface area contributed by atoms with E-state index in [-0.39, 0.29) is 16.4 Å². The van der Waals surface area contributed by atoms with Crippen LogP contribution in [0.3, 0.4) is 0 Å². The third-order valence-corrected chi connectivity index (χ3v) is 5.03. The molecule has 0 fully saturated rings. The molecule has 0 radical (unpaired) electrons. The van der Waals surface area contributed by atoms with Gasteiger partial charge in [0.2, 0.25) is 0 Å². The molecule has 0 spiro atoms. The van der Waals surface area contributed by atoms with Gasteiger partial charge in [-0.3, -0.25) is 4.21 Å². The predicted molar refractivity (Wildman–Crippen MR) is 80.8 cm³/mol. The fourth-order valence-electron chi connectivity index (χ4n) is 1.57. The van der Waals surface area contributed by atoms with Gasteiger partial charge in [0, 0.05) is 4.90 Å². The number of benzene rings is 2. The van der Waals surface area contributed by atoms with Crippen molar-refractivity contribution in [2.75, 3.05) is 5.75 Å². The van der Waals surface area contributed by atoms with Gasteiger partial charge >= 0.3 is 10.1 Å². The highest BCUT2D eigenvalue weighted by Gasteiger charge is 2.16. The summed E-state index contributed by atoms with van der Waals surface area (Å²) in [5, 5.41) is 0. The van der Waals surface area contributed by atoms with E-state index in [1.165, 1.54) is 36.4 Å². The lowest BCUT2D eigenvalue weighted by molar-refractivity contribution is 0.486. The Bertz CT molecular complexity index is 773. The maximum atomic E-state index is 12.0. The van der Waals surface area contributed by atoms with E-state index in [2.05, 4.69) is 5.92 Å². The van der Waals surface area contributed by atoms with Gasteiger partial charge in [0.1, 0.15) is 10.6 Å². The largest absolute Gasteiger partial charge is 0.379 e. The van der Waals surface area contributed by atoms with Crippen molar-refractivity contribution >= 4 is 20.9 Å². The molecule has 2 rings (SSSR count). The van der Waals surface area contributed by atoms with E-state index in [1.807, 2.05) is 0 Å². The summed E-state index contributed by atoms with van der Waals surface area (Å²) in [6, 6.07) is 13.8. The number of terminal acetylenes is 1. The van der Waals surface area contributed by atoms with Crippen molar-refractivity contribution in [3.8, 4) is 18.1 Å². The van der Waals surface area contributed by atoms with Crippen LogP contribution in [0.15, 0.2) is 64.4 Å². The fraction of sp³-hybridized carbons (Fsp3) is 0.0667. The zero-order chi connectivity index (χ0) is 15.3. The zero-order valence-electron chi connectivity index (χ0n) is 10.9. The normalized spacial score (nSPS) is 12.3. The monoisotopic (exact) mass is 320 g/mol. The van der Waals surface area contributed by atoms with Gasteiger partial charge in [0.15, 0.2) is 0 Å². The molecule has 0 saturated carbocycles. The first kappa shape index (κ1) is 15.3. The molecule has 1 atom stereocenters. The minimum Gasteiger partial charge on any atom is -0.379 e. The summed E-state index contributed by atoms with van der Waals surface area (Å²) in [4.78, 5) is 0.599. The van der Waals surface area contributed by atoms with Gasteiger partial charge in [-0.25, -0.2) is 0 Å². The van der Waals surface area contributed by atoms with Gasteiger partial charge in [-0.15, -0.1) is 6.42 Å². The second-order valence-electron chi connectivity index (χ2n) is 4.02. The van der Waals surface area contributed by atoms with E-state index in [4.69, 9.17) is 10.6 Å². The predicted octanol–water partition coefficient (Wildman–Crippen LogP) is 2.20. The van der Waals surface area contributed by atoms with Crippen molar-refractivity contribution in [3.63, 3.8) is 0 Å². The average Bonchev–Trinajstić information content (AvgIpc) is 2.49. The van der Waals surface area contributed by atoms with Crippen molar-refractivity contribution < 1.29 is 16.8 Å². The van der Waals surface area contributed by atoms with Crippen molar-refractivity contribution in [3.05, 3.63) is 54.6 Å². The first-order valence-electron chi connectivity index (χ1n) is 5.94. The van der Waals surface area contributed by atoms with Crippen LogP contribution < -0.4 is 4.18 Å². The Morgan fingerprint density at radius 3 is 2.24 bits per heavy atom. The molecule has 0 heterocycles. The van der Waals surface area contributed by atoms with Crippen molar-refractivity contribution in [1.29, 1.82) is 0 Å². The van der Waals surface area contributed by atoms with Gasteiger partial charge in [-0.1, -0.05) is 24.1 Å². The van der Waals surface area contributed by atoms with E-state index in [0.717, 1.165) is 0 Å². The maximum absolute atomic E-state index is 12.0. The molecule has 108 valence electrons. The number of hydrogen-bond donors (Lipinski definition) is 0.